The molecule has 11 heavy (non-hydrogen) atoms. The highest BCUT2D eigenvalue weighted by Gasteiger charge is 2.23. The highest BCUT2D eigenvalue weighted by atomic mass is 127. The first kappa shape index (κ1) is 10.5. The minimum absolute atomic E-state index is 0.329. The summed E-state index contributed by atoms with van der Waals surface area (Å²) in [6.07, 6.45) is 0. The van der Waals surface area contributed by atoms with Crippen molar-refractivity contribution in [1.29, 1.82) is 0 Å². The summed E-state index contributed by atoms with van der Waals surface area (Å²) >= 11 is 4.58. The van der Waals surface area contributed by atoms with Gasteiger partial charge >= 0.3 is 0 Å². The summed E-state index contributed by atoms with van der Waals surface area (Å²) in [6.45, 7) is 1.39. The van der Waals surface area contributed by atoms with Gasteiger partial charge in [0.2, 0.25) is 0 Å². The van der Waals surface area contributed by atoms with Gasteiger partial charge in [0, 0.05) is 13.1 Å². The van der Waals surface area contributed by atoms with Gasteiger partial charge in [-0.2, -0.15) is 0 Å². The minimum Gasteiger partial charge on any atom is -0.281 e. The smallest absolute Gasteiger partial charge is 0.152 e. The van der Waals surface area contributed by atoms with Gasteiger partial charge in [-0.05, 0) is 0 Å². The Hall–Kier alpha value is 1.37. The van der Waals surface area contributed by atoms with E-state index >= 15 is 0 Å². The maximum Gasteiger partial charge on any atom is 0.152 e. The van der Waals surface area contributed by atoms with Gasteiger partial charge in [-0.3, -0.25) is 4.90 Å². The summed E-state index contributed by atoms with van der Waals surface area (Å²) < 4.78 is 22.4. The third kappa shape index (κ3) is 3.31. The first-order chi connectivity index (χ1) is 5.01. The second kappa shape index (κ2) is 4.05. The summed E-state index contributed by atoms with van der Waals surface area (Å²) in [6, 6.07) is 0. The maximum atomic E-state index is 11.0. The van der Waals surface area contributed by atoms with E-state index < -0.39 is 9.84 Å². The third-order valence-electron chi connectivity index (χ3n) is 1.66. The normalized spacial score (nSPS) is 25.7. The van der Waals surface area contributed by atoms with E-state index in [0.717, 1.165) is 0 Å². The Bertz CT molecular complexity index is 213. The Kier molecular flexibility index (Phi) is 3.85. The van der Waals surface area contributed by atoms with Gasteiger partial charge in [-0.15, -0.1) is 0 Å². The standard InChI is InChI=1S/C5H9I2NO2S/c6-5(7)8-1-3-11(9,10)4-2-8/h5H,1-4H2. The molecule has 1 fully saturated rings. The lowest BCUT2D eigenvalue weighted by atomic mass is 10.6. The molecule has 0 atom stereocenters. The van der Waals surface area contributed by atoms with E-state index in [1.165, 1.54) is 0 Å². The summed E-state index contributed by atoms with van der Waals surface area (Å²) in [5.74, 6) is 0.658. The Morgan fingerprint density at radius 3 is 2.00 bits per heavy atom. The molecule has 66 valence electrons. The maximum absolute atomic E-state index is 11.0. The largest absolute Gasteiger partial charge is 0.281 e. The number of hydrogen-bond donors (Lipinski definition) is 0. The monoisotopic (exact) mass is 401 g/mol. The minimum atomic E-state index is -2.70. The zero-order chi connectivity index (χ0) is 8.48. The van der Waals surface area contributed by atoms with Crippen LogP contribution >= 0.6 is 45.2 Å². The molecule has 3 nitrogen and oxygen atoms in total. The predicted octanol–water partition coefficient (Wildman–Crippen LogP) is 0.870. The van der Waals surface area contributed by atoms with Crippen LogP contribution in [0.3, 0.4) is 0 Å². The molecule has 0 aromatic rings. The molecular formula is C5H9I2NO2S. The predicted molar refractivity (Wildman–Crippen MR) is 62.1 cm³/mol. The molecule has 0 aliphatic carbocycles. The first-order valence-corrected chi connectivity index (χ1v) is 7.55. The van der Waals surface area contributed by atoms with Crippen LogP contribution in [0, 0.1) is 0 Å². The summed E-state index contributed by atoms with van der Waals surface area (Å²) in [5.41, 5.74) is 0. The molecule has 1 heterocycles. The zero-order valence-corrected chi connectivity index (χ0v) is 11.0. The van der Waals surface area contributed by atoms with Crippen molar-refractivity contribution in [3.63, 3.8) is 0 Å². The number of rotatable bonds is 1. The van der Waals surface area contributed by atoms with Gasteiger partial charge in [0.1, 0.15) is 2.06 Å². The molecule has 1 saturated heterocycles. The van der Waals surface area contributed by atoms with Crippen molar-refractivity contribution in [3.8, 4) is 0 Å². The molecular weight excluding hydrogens is 392 g/mol. The van der Waals surface area contributed by atoms with E-state index in [9.17, 15) is 8.42 Å². The fourth-order valence-electron chi connectivity index (χ4n) is 0.922. The van der Waals surface area contributed by atoms with E-state index in [1.807, 2.05) is 0 Å². The van der Waals surface area contributed by atoms with Crippen molar-refractivity contribution in [3.05, 3.63) is 0 Å². The number of halogens is 2. The number of hydrogen-bond acceptors (Lipinski definition) is 3. The van der Waals surface area contributed by atoms with Crippen LogP contribution in [0.25, 0.3) is 0 Å². The molecule has 0 aromatic heterocycles. The van der Waals surface area contributed by atoms with Crippen molar-refractivity contribution in [2.24, 2.45) is 0 Å². The van der Waals surface area contributed by atoms with E-state index in [2.05, 4.69) is 50.1 Å². The van der Waals surface area contributed by atoms with Crippen molar-refractivity contribution < 1.29 is 8.42 Å². The number of alkyl halides is 2. The van der Waals surface area contributed by atoms with Crippen LogP contribution in [0.2, 0.25) is 0 Å². The molecule has 0 aromatic carbocycles. The van der Waals surface area contributed by atoms with E-state index in [4.69, 9.17) is 0 Å². The average molecular weight is 401 g/mol. The van der Waals surface area contributed by atoms with Crippen molar-refractivity contribution in [1.82, 2.24) is 4.90 Å². The van der Waals surface area contributed by atoms with Crippen LogP contribution in [-0.4, -0.2) is 40.0 Å². The van der Waals surface area contributed by atoms with Crippen molar-refractivity contribution in [2.75, 3.05) is 24.6 Å². The van der Waals surface area contributed by atoms with Gasteiger partial charge in [0.05, 0.1) is 11.5 Å². The second-order valence-corrected chi connectivity index (χ2v) is 9.51. The van der Waals surface area contributed by atoms with Crippen LogP contribution in [0.1, 0.15) is 0 Å². The Balaban J connectivity index is 2.49. The van der Waals surface area contributed by atoms with Gasteiger partial charge in [0.25, 0.3) is 0 Å². The Morgan fingerprint density at radius 2 is 1.64 bits per heavy atom. The van der Waals surface area contributed by atoms with Crippen LogP contribution in [0.4, 0.5) is 0 Å². The van der Waals surface area contributed by atoms with E-state index in [1.54, 1.807) is 0 Å². The quantitative estimate of drug-likeness (QED) is 0.372. The molecule has 1 rings (SSSR count). The third-order valence-corrected chi connectivity index (χ3v) is 4.84. The van der Waals surface area contributed by atoms with Crippen LogP contribution < -0.4 is 0 Å². The topological polar surface area (TPSA) is 37.4 Å². The molecule has 0 saturated carbocycles. The second-order valence-electron chi connectivity index (χ2n) is 2.47. The van der Waals surface area contributed by atoms with Gasteiger partial charge < -0.3 is 0 Å². The SMILES string of the molecule is O=S1(=O)CCN(C(I)I)CC1. The summed E-state index contributed by atoms with van der Waals surface area (Å²) in [7, 11) is -2.70. The molecule has 0 unspecified atom stereocenters. The summed E-state index contributed by atoms with van der Waals surface area (Å²) in [4.78, 5) is 2.17. The van der Waals surface area contributed by atoms with Crippen molar-refractivity contribution in [2.45, 2.75) is 2.06 Å². The highest BCUT2D eigenvalue weighted by molar-refractivity contribution is 14.2. The molecule has 6 heteroatoms. The molecule has 1 aliphatic rings. The molecule has 0 bridgehead atoms. The molecule has 0 amide bonds. The average Bonchev–Trinajstić information content (AvgIpc) is 1.86. The highest BCUT2D eigenvalue weighted by Crippen LogP contribution is 2.18. The summed E-state index contributed by atoms with van der Waals surface area (Å²) in [5, 5.41) is 0. The van der Waals surface area contributed by atoms with Crippen LogP contribution in [0.15, 0.2) is 0 Å². The lowest BCUT2D eigenvalue weighted by molar-refractivity contribution is 0.344. The number of nitrogens with zero attached hydrogens (tertiary/aromatic N) is 1. The van der Waals surface area contributed by atoms with E-state index in [0.29, 0.717) is 26.7 Å². The van der Waals surface area contributed by atoms with Gasteiger partial charge in [0.15, 0.2) is 9.84 Å². The lowest BCUT2D eigenvalue weighted by Gasteiger charge is -2.27. The molecule has 0 spiro atoms. The zero-order valence-electron chi connectivity index (χ0n) is 5.83. The van der Waals surface area contributed by atoms with Crippen molar-refractivity contribution >= 4 is 55.0 Å². The molecule has 0 N–H and O–H groups in total. The molecule has 1 aliphatic heterocycles. The number of sulfone groups is 1. The van der Waals surface area contributed by atoms with Crippen LogP contribution in [-0.2, 0) is 9.84 Å². The van der Waals surface area contributed by atoms with Gasteiger partial charge in [-0.25, -0.2) is 8.42 Å². The van der Waals surface area contributed by atoms with Gasteiger partial charge in [-0.1, -0.05) is 45.2 Å². The Morgan fingerprint density at radius 1 is 1.18 bits per heavy atom. The first-order valence-electron chi connectivity index (χ1n) is 3.24. The van der Waals surface area contributed by atoms with Crippen LogP contribution in [0.5, 0.6) is 0 Å². The Labute approximate surface area is 94.1 Å². The fourth-order valence-corrected chi connectivity index (χ4v) is 3.27. The molecule has 0 radical (unpaired) electrons. The lowest BCUT2D eigenvalue weighted by Crippen LogP contribution is -2.41. The fraction of sp³-hybridized carbons (Fsp3) is 1.00. The van der Waals surface area contributed by atoms with E-state index in [-0.39, 0.29) is 0 Å².